The van der Waals surface area contributed by atoms with Gasteiger partial charge in [0.1, 0.15) is 0 Å². The maximum absolute atomic E-state index is 14.7. The van der Waals surface area contributed by atoms with Crippen LogP contribution >= 0.6 is 0 Å². The second-order valence-electron chi connectivity index (χ2n) is 11.7. The smallest absolute Gasteiger partial charge is 0.201 e. The lowest BCUT2D eigenvalue weighted by Crippen LogP contribution is -2.28. The second-order valence-corrected chi connectivity index (χ2v) is 11.7. The predicted octanol–water partition coefficient (Wildman–Crippen LogP) is 10.3. The molecule has 3 heteroatoms. The first kappa shape index (κ1) is 27.4. The Balaban J connectivity index is 1.20. The molecule has 2 saturated carbocycles. The number of ether oxygens (including phenoxy) is 1. The Morgan fingerprint density at radius 2 is 1.47 bits per heavy atom. The van der Waals surface area contributed by atoms with E-state index in [0.29, 0.717) is 18.1 Å². The van der Waals surface area contributed by atoms with Gasteiger partial charge in [0.15, 0.2) is 11.6 Å². The summed E-state index contributed by atoms with van der Waals surface area (Å²) in [5, 5.41) is 0. The molecule has 3 aliphatic carbocycles. The van der Waals surface area contributed by atoms with Crippen LogP contribution < -0.4 is 4.74 Å². The minimum Gasteiger partial charge on any atom is -0.491 e. The summed E-state index contributed by atoms with van der Waals surface area (Å²) >= 11 is 0. The number of allylic oxidation sites excluding steroid dienone is 4. The first-order chi connectivity index (χ1) is 17.6. The van der Waals surface area contributed by atoms with Gasteiger partial charge >= 0.3 is 0 Å². The normalized spacial score (nSPS) is 29.3. The minimum atomic E-state index is -0.853. The van der Waals surface area contributed by atoms with E-state index in [0.717, 1.165) is 54.9 Å². The van der Waals surface area contributed by atoms with Gasteiger partial charge < -0.3 is 4.74 Å². The van der Waals surface area contributed by atoms with Crippen molar-refractivity contribution in [1.29, 1.82) is 0 Å². The molecule has 36 heavy (non-hydrogen) atoms. The van der Waals surface area contributed by atoms with E-state index in [9.17, 15) is 8.78 Å². The zero-order valence-corrected chi connectivity index (χ0v) is 22.8. The zero-order chi connectivity index (χ0) is 25.3. The summed E-state index contributed by atoms with van der Waals surface area (Å²) in [6.45, 7) is 4.33. The number of unbranched alkanes of at least 4 members (excludes halogenated alkanes) is 1. The van der Waals surface area contributed by atoms with E-state index in [-0.39, 0.29) is 5.75 Å². The molecule has 1 aromatic rings. The van der Waals surface area contributed by atoms with Crippen molar-refractivity contribution >= 4 is 5.57 Å². The summed E-state index contributed by atoms with van der Waals surface area (Å²) in [4.78, 5) is 0. The molecule has 1 aromatic carbocycles. The van der Waals surface area contributed by atoms with Gasteiger partial charge in [-0.2, -0.15) is 4.39 Å². The SMILES string of the molecule is CC/C=C\CCCC1CCC(C2CCC(C3CC=C(c4ccc(OCC)c(F)c4F)CC3)CC2)CC1. The lowest BCUT2D eigenvalue weighted by Gasteiger charge is -2.40. The van der Waals surface area contributed by atoms with Gasteiger partial charge in [-0.3, -0.25) is 0 Å². The van der Waals surface area contributed by atoms with Crippen LogP contribution in [0.5, 0.6) is 5.75 Å². The third-order valence-electron chi connectivity index (χ3n) is 9.57. The Morgan fingerprint density at radius 3 is 2.08 bits per heavy atom. The third-order valence-corrected chi connectivity index (χ3v) is 9.57. The molecule has 0 heterocycles. The Morgan fingerprint density at radius 1 is 0.806 bits per heavy atom. The standard InChI is InChI=1S/C33H48F2O/c1-3-5-6-7-8-9-24-10-12-25(13-11-24)26-14-16-27(17-15-26)28-18-20-29(21-19-28)30-22-23-31(36-4-2)33(35)32(30)34/h5-6,20,22-28H,3-4,7-19,21H2,1-2H3/b6-5-. The van der Waals surface area contributed by atoms with Crippen LogP contribution in [0.3, 0.4) is 0 Å². The van der Waals surface area contributed by atoms with Crippen LogP contribution in [-0.2, 0) is 0 Å². The summed E-state index contributed by atoms with van der Waals surface area (Å²) in [7, 11) is 0. The van der Waals surface area contributed by atoms with Gasteiger partial charge in [-0.25, -0.2) is 4.39 Å². The lowest BCUT2D eigenvalue weighted by molar-refractivity contribution is 0.120. The van der Waals surface area contributed by atoms with Gasteiger partial charge in [0.2, 0.25) is 5.82 Å². The highest BCUT2D eigenvalue weighted by Crippen LogP contribution is 2.46. The Bertz CT molecular complexity index is 872. The number of hydrogen-bond donors (Lipinski definition) is 0. The van der Waals surface area contributed by atoms with Crippen molar-refractivity contribution in [1.82, 2.24) is 0 Å². The molecule has 0 spiro atoms. The van der Waals surface area contributed by atoms with Gasteiger partial charge in [0.25, 0.3) is 0 Å². The molecule has 1 unspecified atom stereocenters. The molecule has 200 valence electrons. The molecule has 0 amide bonds. The van der Waals surface area contributed by atoms with Crippen molar-refractivity contribution in [2.24, 2.45) is 29.6 Å². The Kier molecular flexibility index (Phi) is 10.5. The highest BCUT2D eigenvalue weighted by Gasteiger charge is 2.34. The first-order valence-electron chi connectivity index (χ1n) is 15.1. The van der Waals surface area contributed by atoms with Gasteiger partial charge in [-0.05, 0) is 131 Å². The lowest BCUT2D eigenvalue weighted by atomic mass is 9.65. The van der Waals surface area contributed by atoms with Crippen molar-refractivity contribution in [3.63, 3.8) is 0 Å². The maximum atomic E-state index is 14.7. The van der Waals surface area contributed by atoms with E-state index < -0.39 is 11.6 Å². The van der Waals surface area contributed by atoms with Crippen LogP contribution in [0.2, 0.25) is 0 Å². The highest BCUT2D eigenvalue weighted by atomic mass is 19.2. The fourth-order valence-corrected chi connectivity index (χ4v) is 7.42. The molecule has 0 aromatic heterocycles. The fourth-order valence-electron chi connectivity index (χ4n) is 7.42. The molecule has 1 atom stereocenters. The van der Waals surface area contributed by atoms with Crippen LogP contribution in [0.25, 0.3) is 5.57 Å². The largest absolute Gasteiger partial charge is 0.491 e. The molecule has 2 fully saturated rings. The van der Waals surface area contributed by atoms with Crippen molar-refractivity contribution in [3.05, 3.63) is 47.6 Å². The van der Waals surface area contributed by atoms with Crippen LogP contribution in [0.1, 0.15) is 116 Å². The summed E-state index contributed by atoms with van der Waals surface area (Å²) in [5.74, 6) is 2.82. The Hall–Kier alpha value is -1.64. The quantitative estimate of drug-likeness (QED) is 0.230. The van der Waals surface area contributed by atoms with Crippen molar-refractivity contribution in [2.45, 2.75) is 110 Å². The second kappa shape index (κ2) is 13.8. The fraction of sp³-hybridized carbons (Fsp3) is 0.697. The van der Waals surface area contributed by atoms with Crippen LogP contribution in [-0.4, -0.2) is 6.61 Å². The van der Waals surface area contributed by atoms with Crippen LogP contribution in [0.4, 0.5) is 8.78 Å². The maximum Gasteiger partial charge on any atom is 0.201 e. The predicted molar refractivity (Wildman–Crippen MR) is 147 cm³/mol. The summed E-state index contributed by atoms with van der Waals surface area (Å²) in [6.07, 6.45) is 26.5. The van der Waals surface area contributed by atoms with Gasteiger partial charge in [0.05, 0.1) is 6.61 Å². The highest BCUT2D eigenvalue weighted by molar-refractivity contribution is 5.67. The van der Waals surface area contributed by atoms with E-state index in [4.69, 9.17) is 4.74 Å². The number of halogens is 2. The molecule has 0 saturated heterocycles. The van der Waals surface area contributed by atoms with E-state index in [2.05, 4.69) is 25.2 Å². The average Bonchev–Trinajstić information content (AvgIpc) is 2.92. The third kappa shape index (κ3) is 7.01. The molecular weight excluding hydrogens is 450 g/mol. The van der Waals surface area contributed by atoms with E-state index in [1.54, 1.807) is 19.1 Å². The summed E-state index contributed by atoms with van der Waals surface area (Å²) in [6, 6.07) is 3.27. The molecule has 0 radical (unpaired) electrons. The number of hydrogen-bond acceptors (Lipinski definition) is 1. The number of rotatable bonds is 10. The first-order valence-corrected chi connectivity index (χ1v) is 15.1. The molecule has 1 nitrogen and oxygen atoms in total. The summed E-state index contributed by atoms with van der Waals surface area (Å²) in [5.41, 5.74) is 1.39. The molecule has 3 aliphatic rings. The average molecular weight is 499 g/mol. The summed E-state index contributed by atoms with van der Waals surface area (Å²) < 4.78 is 34.2. The monoisotopic (exact) mass is 498 g/mol. The molecule has 0 N–H and O–H groups in total. The van der Waals surface area contributed by atoms with Crippen molar-refractivity contribution in [3.8, 4) is 5.75 Å². The van der Waals surface area contributed by atoms with E-state index in [1.807, 2.05) is 0 Å². The van der Waals surface area contributed by atoms with Gasteiger partial charge in [0, 0.05) is 5.56 Å². The molecular formula is C33H48F2O. The van der Waals surface area contributed by atoms with Crippen molar-refractivity contribution in [2.75, 3.05) is 6.61 Å². The van der Waals surface area contributed by atoms with Gasteiger partial charge in [-0.1, -0.05) is 44.4 Å². The Labute approximate surface area is 218 Å². The van der Waals surface area contributed by atoms with Crippen LogP contribution in [0.15, 0.2) is 30.4 Å². The van der Waals surface area contributed by atoms with Crippen molar-refractivity contribution < 1.29 is 13.5 Å². The van der Waals surface area contributed by atoms with E-state index in [1.165, 1.54) is 70.6 Å². The van der Waals surface area contributed by atoms with E-state index >= 15 is 0 Å². The van der Waals surface area contributed by atoms with Crippen LogP contribution in [0, 0.1) is 41.2 Å². The number of benzene rings is 1. The zero-order valence-electron chi connectivity index (χ0n) is 22.8. The van der Waals surface area contributed by atoms with Gasteiger partial charge in [-0.15, -0.1) is 0 Å². The molecule has 0 aliphatic heterocycles. The minimum absolute atomic E-state index is 0.0121. The topological polar surface area (TPSA) is 9.23 Å². The molecule has 0 bridgehead atoms. The molecule has 4 rings (SSSR count).